The summed E-state index contributed by atoms with van der Waals surface area (Å²) >= 11 is 9.29. The SMILES string of the molecule is Cc1nccn1-c1ccc(CCl)c(Br)c1. The van der Waals surface area contributed by atoms with Crippen LogP contribution in [0.2, 0.25) is 0 Å². The molecule has 15 heavy (non-hydrogen) atoms. The third-order valence-corrected chi connectivity index (χ3v) is 3.31. The van der Waals surface area contributed by atoms with Crippen molar-refractivity contribution in [2.75, 3.05) is 0 Å². The van der Waals surface area contributed by atoms with E-state index in [1.165, 1.54) is 0 Å². The van der Waals surface area contributed by atoms with E-state index in [9.17, 15) is 0 Å². The van der Waals surface area contributed by atoms with Crippen LogP contribution in [-0.4, -0.2) is 9.55 Å². The molecule has 1 aromatic heterocycles. The average molecular weight is 286 g/mol. The summed E-state index contributed by atoms with van der Waals surface area (Å²) in [6.07, 6.45) is 3.73. The molecule has 0 radical (unpaired) electrons. The first-order valence-electron chi connectivity index (χ1n) is 4.57. The van der Waals surface area contributed by atoms with Crippen molar-refractivity contribution in [2.24, 2.45) is 0 Å². The molecule has 0 unspecified atom stereocenters. The number of nitrogens with zero attached hydrogens (tertiary/aromatic N) is 2. The molecule has 0 spiro atoms. The normalized spacial score (nSPS) is 10.6. The van der Waals surface area contributed by atoms with Crippen LogP contribution in [0, 0.1) is 6.92 Å². The average Bonchev–Trinajstić information content (AvgIpc) is 2.64. The first-order valence-corrected chi connectivity index (χ1v) is 5.90. The molecule has 1 aromatic carbocycles. The van der Waals surface area contributed by atoms with E-state index in [2.05, 4.69) is 20.9 Å². The molecule has 0 aliphatic heterocycles. The van der Waals surface area contributed by atoms with E-state index in [0.29, 0.717) is 5.88 Å². The summed E-state index contributed by atoms with van der Waals surface area (Å²) in [6, 6.07) is 6.11. The Kier molecular flexibility index (Phi) is 3.12. The number of rotatable bonds is 2. The Morgan fingerprint density at radius 3 is 2.80 bits per heavy atom. The van der Waals surface area contributed by atoms with Crippen LogP contribution in [-0.2, 0) is 5.88 Å². The second kappa shape index (κ2) is 4.37. The predicted octanol–water partition coefficient (Wildman–Crippen LogP) is 3.68. The van der Waals surface area contributed by atoms with Gasteiger partial charge in [-0.25, -0.2) is 4.98 Å². The summed E-state index contributed by atoms with van der Waals surface area (Å²) < 4.78 is 3.06. The summed E-state index contributed by atoms with van der Waals surface area (Å²) in [5, 5.41) is 0. The Balaban J connectivity index is 2.47. The lowest BCUT2D eigenvalue weighted by molar-refractivity contribution is 0.972. The van der Waals surface area contributed by atoms with Crippen molar-refractivity contribution in [3.05, 3.63) is 46.5 Å². The number of alkyl halides is 1. The van der Waals surface area contributed by atoms with Crippen LogP contribution in [0.25, 0.3) is 5.69 Å². The molecule has 1 heterocycles. The fourth-order valence-electron chi connectivity index (χ4n) is 1.45. The molecular weight excluding hydrogens is 275 g/mol. The van der Waals surface area contributed by atoms with Crippen LogP contribution >= 0.6 is 27.5 Å². The molecule has 0 aliphatic carbocycles. The predicted molar refractivity (Wildman–Crippen MR) is 65.6 cm³/mol. The number of halogens is 2. The Labute approximate surface area is 102 Å². The summed E-state index contributed by atoms with van der Waals surface area (Å²) in [5.41, 5.74) is 2.18. The lowest BCUT2D eigenvalue weighted by atomic mass is 10.2. The monoisotopic (exact) mass is 284 g/mol. The zero-order chi connectivity index (χ0) is 10.8. The standard InChI is InChI=1S/C11H10BrClN2/c1-8-14-4-5-15(8)10-3-2-9(7-13)11(12)6-10/h2-6H,7H2,1H3. The topological polar surface area (TPSA) is 17.8 Å². The van der Waals surface area contributed by atoms with E-state index < -0.39 is 0 Å². The lowest BCUT2D eigenvalue weighted by Gasteiger charge is -2.07. The van der Waals surface area contributed by atoms with E-state index in [4.69, 9.17) is 11.6 Å². The molecule has 0 saturated heterocycles. The van der Waals surface area contributed by atoms with Crippen molar-refractivity contribution in [3.8, 4) is 5.69 Å². The molecule has 4 heteroatoms. The molecular formula is C11H10BrClN2. The summed E-state index contributed by atoms with van der Waals surface area (Å²) in [6.45, 7) is 1.98. The Bertz CT molecular complexity index is 479. The van der Waals surface area contributed by atoms with Crippen molar-refractivity contribution < 1.29 is 0 Å². The van der Waals surface area contributed by atoms with E-state index in [-0.39, 0.29) is 0 Å². The summed E-state index contributed by atoms with van der Waals surface area (Å²) in [5.74, 6) is 1.49. The van der Waals surface area contributed by atoms with Gasteiger partial charge in [0.15, 0.2) is 0 Å². The van der Waals surface area contributed by atoms with Gasteiger partial charge in [0.1, 0.15) is 5.82 Å². The molecule has 0 fully saturated rings. The Morgan fingerprint density at radius 1 is 1.47 bits per heavy atom. The van der Waals surface area contributed by atoms with E-state index in [0.717, 1.165) is 21.5 Å². The van der Waals surface area contributed by atoms with E-state index >= 15 is 0 Å². The number of benzene rings is 1. The highest BCUT2D eigenvalue weighted by atomic mass is 79.9. The molecule has 78 valence electrons. The maximum absolute atomic E-state index is 5.79. The quantitative estimate of drug-likeness (QED) is 0.770. The number of aromatic nitrogens is 2. The zero-order valence-corrected chi connectivity index (χ0v) is 10.6. The van der Waals surface area contributed by atoms with Crippen molar-refractivity contribution in [1.82, 2.24) is 9.55 Å². The van der Waals surface area contributed by atoms with Crippen LogP contribution in [0.15, 0.2) is 35.1 Å². The highest BCUT2D eigenvalue weighted by Gasteiger charge is 2.03. The fourth-order valence-corrected chi connectivity index (χ4v) is 2.35. The minimum atomic E-state index is 0.518. The van der Waals surface area contributed by atoms with Crippen molar-refractivity contribution in [1.29, 1.82) is 0 Å². The smallest absolute Gasteiger partial charge is 0.110 e. The molecule has 0 aliphatic rings. The largest absolute Gasteiger partial charge is 0.304 e. The van der Waals surface area contributed by atoms with Gasteiger partial charge in [-0.3, -0.25) is 0 Å². The van der Waals surface area contributed by atoms with Crippen LogP contribution in [0.5, 0.6) is 0 Å². The second-order valence-electron chi connectivity index (χ2n) is 3.25. The van der Waals surface area contributed by atoms with Gasteiger partial charge in [-0.05, 0) is 24.6 Å². The Hall–Kier alpha value is -0.800. The molecule has 2 nitrogen and oxygen atoms in total. The number of hydrogen-bond acceptors (Lipinski definition) is 1. The molecule has 2 rings (SSSR count). The first-order chi connectivity index (χ1) is 7.22. The van der Waals surface area contributed by atoms with Crippen molar-refractivity contribution >= 4 is 27.5 Å². The second-order valence-corrected chi connectivity index (χ2v) is 4.38. The summed E-state index contributed by atoms with van der Waals surface area (Å²) in [7, 11) is 0. The van der Waals surface area contributed by atoms with Gasteiger partial charge in [-0.1, -0.05) is 22.0 Å². The van der Waals surface area contributed by atoms with Gasteiger partial charge in [-0.2, -0.15) is 0 Å². The third kappa shape index (κ3) is 2.08. The van der Waals surface area contributed by atoms with Gasteiger partial charge in [0.2, 0.25) is 0 Å². The lowest BCUT2D eigenvalue weighted by Crippen LogP contribution is -1.96. The molecule has 0 atom stereocenters. The Morgan fingerprint density at radius 2 is 2.27 bits per heavy atom. The van der Waals surface area contributed by atoms with Gasteiger partial charge in [-0.15, -0.1) is 11.6 Å². The van der Waals surface area contributed by atoms with Crippen LogP contribution in [0.4, 0.5) is 0 Å². The maximum atomic E-state index is 5.79. The number of aryl methyl sites for hydroxylation is 1. The maximum Gasteiger partial charge on any atom is 0.110 e. The number of imidazole rings is 1. The molecule has 0 amide bonds. The minimum absolute atomic E-state index is 0.518. The van der Waals surface area contributed by atoms with Crippen LogP contribution in [0.1, 0.15) is 11.4 Å². The van der Waals surface area contributed by atoms with Crippen molar-refractivity contribution in [2.45, 2.75) is 12.8 Å². The zero-order valence-electron chi connectivity index (χ0n) is 8.24. The van der Waals surface area contributed by atoms with Crippen LogP contribution in [0.3, 0.4) is 0 Å². The molecule has 0 saturated carbocycles. The van der Waals surface area contributed by atoms with Gasteiger partial charge >= 0.3 is 0 Å². The van der Waals surface area contributed by atoms with Crippen LogP contribution < -0.4 is 0 Å². The first kappa shape index (κ1) is 10.7. The summed E-state index contributed by atoms with van der Waals surface area (Å²) in [4.78, 5) is 4.19. The molecule has 2 aromatic rings. The fraction of sp³-hybridized carbons (Fsp3) is 0.182. The molecule has 0 N–H and O–H groups in total. The molecule has 0 bridgehead atoms. The van der Waals surface area contributed by atoms with Gasteiger partial charge in [0.05, 0.1) is 0 Å². The minimum Gasteiger partial charge on any atom is -0.304 e. The van der Waals surface area contributed by atoms with E-state index in [1.54, 1.807) is 6.20 Å². The third-order valence-electron chi connectivity index (χ3n) is 2.28. The van der Waals surface area contributed by atoms with Crippen molar-refractivity contribution in [3.63, 3.8) is 0 Å². The van der Waals surface area contributed by atoms with Gasteiger partial charge in [0.25, 0.3) is 0 Å². The number of hydrogen-bond donors (Lipinski definition) is 0. The van der Waals surface area contributed by atoms with E-state index in [1.807, 2.05) is 35.9 Å². The van der Waals surface area contributed by atoms with Gasteiger partial charge < -0.3 is 4.57 Å². The highest BCUT2D eigenvalue weighted by Crippen LogP contribution is 2.22. The highest BCUT2D eigenvalue weighted by molar-refractivity contribution is 9.10. The van der Waals surface area contributed by atoms with Gasteiger partial charge in [0, 0.05) is 28.4 Å².